The fraction of sp³-hybridized carbons (Fsp3) is 0.316. The molecule has 0 saturated heterocycles. The van der Waals surface area contributed by atoms with E-state index in [-0.39, 0.29) is 30.2 Å². The number of aromatic nitrogens is 3. The van der Waals surface area contributed by atoms with Gasteiger partial charge in [-0.1, -0.05) is 26.0 Å². The molecule has 7 nitrogen and oxygen atoms in total. The van der Waals surface area contributed by atoms with E-state index in [1.165, 1.54) is 23.7 Å². The van der Waals surface area contributed by atoms with Gasteiger partial charge in [0.15, 0.2) is 12.3 Å². The lowest BCUT2D eigenvalue weighted by atomic mass is 10.1. The van der Waals surface area contributed by atoms with Crippen LogP contribution in [0.25, 0.3) is 20.9 Å². The number of nitrogens with one attached hydrogen (secondary N) is 1. The van der Waals surface area contributed by atoms with E-state index in [1.54, 1.807) is 0 Å². The van der Waals surface area contributed by atoms with E-state index < -0.39 is 5.97 Å². The minimum Gasteiger partial charge on any atom is -0.451 e. The smallest absolute Gasteiger partial charge is 0.359 e. The van der Waals surface area contributed by atoms with Crippen molar-refractivity contribution in [3.63, 3.8) is 0 Å². The molecule has 0 aliphatic rings. The third-order valence-electron chi connectivity index (χ3n) is 4.11. The summed E-state index contributed by atoms with van der Waals surface area (Å²) in [5, 5.41) is 3.37. The molecule has 0 unspecified atom stereocenters. The highest BCUT2D eigenvalue weighted by Crippen LogP contribution is 2.30. The zero-order chi connectivity index (χ0) is 19.4. The normalized spacial score (nSPS) is 12.1. The van der Waals surface area contributed by atoms with Gasteiger partial charge in [0, 0.05) is 18.4 Å². The summed E-state index contributed by atoms with van der Waals surface area (Å²) in [7, 11) is 0. The molecule has 27 heavy (non-hydrogen) atoms. The molecule has 2 heterocycles. The lowest BCUT2D eigenvalue weighted by Crippen LogP contribution is -2.38. The highest BCUT2D eigenvalue weighted by Gasteiger charge is 2.21. The Kier molecular flexibility index (Phi) is 5.75. The topological polar surface area (TPSA) is 94.1 Å². The summed E-state index contributed by atoms with van der Waals surface area (Å²) in [5.41, 5.74) is 1.21. The van der Waals surface area contributed by atoms with Crippen LogP contribution in [-0.4, -0.2) is 39.5 Å². The van der Waals surface area contributed by atoms with E-state index >= 15 is 0 Å². The molecule has 8 heteroatoms. The maximum absolute atomic E-state index is 12.5. The minimum absolute atomic E-state index is 0.00831. The molecule has 3 aromatic rings. The van der Waals surface area contributed by atoms with E-state index in [0.29, 0.717) is 10.7 Å². The number of rotatable bonds is 6. The van der Waals surface area contributed by atoms with Crippen molar-refractivity contribution >= 4 is 33.4 Å². The van der Waals surface area contributed by atoms with Crippen LogP contribution < -0.4 is 5.32 Å². The van der Waals surface area contributed by atoms with E-state index in [4.69, 9.17) is 4.74 Å². The number of carbonyl (C=O) groups excluding carboxylic acids is 2. The van der Waals surface area contributed by atoms with Crippen molar-refractivity contribution < 1.29 is 14.3 Å². The van der Waals surface area contributed by atoms with Gasteiger partial charge in [0.2, 0.25) is 0 Å². The van der Waals surface area contributed by atoms with Crippen molar-refractivity contribution in [2.75, 3.05) is 6.61 Å². The van der Waals surface area contributed by atoms with Gasteiger partial charge in [0.1, 0.15) is 10.7 Å². The molecule has 0 radical (unpaired) electrons. The first-order valence-electron chi connectivity index (χ1n) is 8.59. The summed E-state index contributed by atoms with van der Waals surface area (Å²) in [6, 6.07) is 7.65. The second-order valence-corrected chi connectivity index (χ2v) is 7.45. The van der Waals surface area contributed by atoms with Gasteiger partial charge in [-0.15, -0.1) is 11.3 Å². The highest BCUT2D eigenvalue weighted by molar-refractivity contribution is 7.21. The number of ether oxygens (including phenoxy) is 1. The number of amides is 1. The van der Waals surface area contributed by atoms with Gasteiger partial charge in [-0.3, -0.25) is 4.79 Å². The minimum atomic E-state index is -0.704. The van der Waals surface area contributed by atoms with Crippen LogP contribution in [0.4, 0.5) is 0 Å². The van der Waals surface area contributed by atoms with Gasteiger partial charge in [-0.05, 0) is 25.0 Å². The van der Waals surface area contributed by atoms with Gasteiger partial charge in [0.25, 0.3) is 5.91 Å². The number of hydrogen-bond acceptors (Lipinski definition) is 7. The van der Waals surface area contributed by atoms with Crippen molar-refractivity contribution in [2.24, 2.45) is 5.92 Å². The molecular weight excluding hydrogens is 364 g/mol. The maximum atomic E-state index is 12.5. The fourth-order valence-corrected chi connectivity index (χ4v) is 3.24. The van der Waals surface area contributed by atoms with Crippen LogP contribution in [0.2, 0.25) is 0 Å². The molecule has 0 aliphatic heterocycles. The Bertz CT molecular complexity index is 937. The maximum Gasteiger partial charge on any atom is 0.359 e. The lowest BCUT2D eigenvalue weighted by molar-refractivity contribution is -0.125. The first kappa shape index (κ1) is 18.9. The molecule has 0 aliphatic carbocycles. The largest absolute Gasteiger partial charge is 0.451 e. The van der Waals surface area contributed by atoms with Crippen LogP contribution in [0.15, 0.2) is 36.7 Å². The van der Waals surface area contributed by atoms with E-state index in [0.717, 1.165) is 10.2 Å². The Hall–Kier alpha value is -2.87. The number of benzene rings is 1. The Morgan fingerprint density at radius 2 is 1.89 bits per heavy atom. The standard InChI is InChI=1S/C19H20N4O3S/c1-11(2)12(3)22-15(24)10-26-19(25)17-16(20-8-9-21-17)18-23-13-6-4-5-7-14(13)27-18/h4-9,11-12H,10H2,1-3H3,(H,22,24)/t12-/m1/s1. The lowest BCUT2D eigenvalue weighted by Gasteiger charge is -2.17. The number of thiazole rings is 1. The van der Waals surface area contributed by atoms with Crippen LogP contribution in [0, 0.1) is 5.92 Å². The highest BCUT2D eigenvalue weighted by atomic mass is 32.1. The SMILES string of the molecule is CC(C)[C@@H](C)NC(=O)COC(=O)c1nccnc1-c1nc2ccccc2s1. The number of esters is 1. The van der Waals surface area contributed by atoms with Crippen molar-refractivity contribution in [1.82, 2.24) is 20.3 Å². The Morgan fingerprint density at radius 3 is 2.63 bits per heavy atom. The summed E-state index contributed by atoms with van der Waals surface area (Å²) in [6.45, 7) is 5.53. The molecule has 2 aromatic heterocycles. The van der Waals surface area contributed by atoms with Gasteiger partial charge < -0.3 is 10.1 Å². The molecule has 140 valence electrons. The molecule has 0 saturated carbocycles. The van der Waals surface area contributed by atoms with Crippen molar-refractivity contribution in [1.29, 1.82) is 0 Å². The third kappa shape index (κ3) is 4.46. The van der Waals surface area contributed by atoms with Crippen LogP contribution in [0.3, 0.4) is 0 Å². The summed E-state index contributed by atoms with van der Waals surface area (Å²) in [5.74, 6) is -0.769. The second kappa shape index (κ2) is 8.22. The number of fused-ring (bicyclic) bond motifs is 1. The third-order valence-corrected chi connectivity index (χ3v) is 5.15. The molecular formula is C19H20N4O3S. The van der Waals surface area contributed by atoms with Crippen molar-refractivity contribution in [2.45, 2.75) is 26.8 Å². The Morgan fingerprint density at radius 1 is 1.15 bits per heavy atom. The van der Waals surface area contributed by atoms with Crippen LogP contribution in [0.5, 0.6) is 0 Å². The molecule has 1 aromatic carbocycles. The number of carbonyl (C=O) groups is 2. The second-order valence-electron chi connectivity index (χ2n) is 6.42. The zero-order valence-corrected chi connectivity index (χ0v) is 16.1. The van der Waals surface area contributed by atoms with Crippen LogP contribution in [0.1, 0.15) is 31.3 Å². The van der Waals surface area contributed by atoms with Crippen molar-refractivity contribution in [3.05, 3.63) is 42.4 Å². The number of para-hydroxylation sites is 1. The summed E-state index contributed by atoms with van der Waals surface area (Å²) in [6.07, 6.45) is 2.91. The molecule has 1 atom stereocenters. The van der Waals surface area contributed by atoms with Gasteiger partial charge in [-0.2, -0.15) is 0 Å². The van der Waals surface area contributed by atoms with Gasteiger partial charge in [-0.25, -0.2) is 19.7 Å². The average Bonchev–Trinajstić information content (AvgIpc) is 3.10. The zero-order valence-electron chi connectivity index (χ0n) is 15.3. The van der Waals surface area contributed by atoms with E-state index in [1.807, 2.05) is 45.0 Å². The van der Waals surface area contributed by atoms with E-state index in [2.05, 4.69) is 20.3 Å². The first-order chi connectivity index (χ1) is 13.0. The predicted octanol–water partition coefficient (Wildman–Crippen LogP) is 3.07. The molecule has 3 rings (SSSR count). The molecule has 0 fully saturated rings. The summed E-state index contributed by atoms with van der Waals surface area (Å²) < 4.78 is 6.12. The summed E-state index contributed by atoms with van der Waals surface area (Å²) >= 11 is 1.42. The van der Waals surface area contributed by atoms with Gasteiger partial charge >= 0.3 is 5.97 Å². The quantitative estimate of drug-likeness (QED) is 0.657. The fourth-order valence-electron chi connectivity index (χ4n) is 2.28. The number of nitrogens with zero attached hydrogens (tertiary/aromatic N) is 3. The first-order valence-corrected chi connectivity index (χ1v) is 9.40. The van der Waals surface area contributed by atoms with Crippen LogP contribution >= 0.6 is 11.3 Å². The number of hydrogen-bond donors (Lipinski definition) is 1. The summed E-state index contributed by atoms with van der Waals surface area (Å²) in [4.78, 5) is 37.2. The predicted molar refractivity (Wildman–Crippen MR) is 103 cm³/mol. The Balaban J connectivity index is 1.75. The molecule has 1 N–H and O–H groups in total. The average molecular weight is 384 g/mol. The Labute approximate surface area is 160 Å². The van der Waals surface area contributed by atoms with Gasteiger partial charge in [0.05, 0.1) is 10.2 Å². The van der Waals surface area contributed by atoms with Crippen LogP contribution in [-0.2, 0) is 9.53 Å². The van der Waals surface area contributed by atoms with E-state index in [9.17, 15) is 9.59 Å². The molecule has 0 spiro atoms. The molecule has 0 bridgehead atoms. The molecule has 1 amide bonds. The van der Waals surface area contributed by atoms with Crippen molar-refractivity contribution in [3.8, 4) is 10.7 Å². The monoisotopic (exact) mass is 384 g/mol.